The van der Waals surface area contributed by atoms with Crippen LogP contribution in [-0.4, -0.2) is 69.7 Å². The first-order valence-corrected chi connectivity index (χ1v) is 7.94. The minimum atomic E-state index is -1.35. The summed E-state index contributed by atoms with van der Waals surface area (Å²) in [6, 6.07) is 1.09. The topological polar surface area (TPSA) is 225 Å². The third kappa shape index (κ3) is 3.70. The number of aliphatic hydroxyl groups excluding tert-OH is 3. The van der Waals surface area contributed by atoms with Gasteiger partial charge in [0.1, 0.15) is 18.3 Å². The Bertz CT molecular complexity index is 1130. The molecular formula is C14H17N7O7. The fourth-order valence-electron chi connectivity index (χ4n) is 2.60. The number of hydrogen-bond acceptors (Lipinski definition) is 10. The first-order chi connectivity index (χ1) is 13.3. The van der Waals surface area contributed by atoms with Crippen LogP contribution in [0.5, 0.6) is 0 Å². The fraction of sp³-hybridized carbons (Fsp3) is 0.357. The summed E-state index contributed by atoms with van der Waals surface area (Å²) in [7, 11) is 0. The zero-order valence-electron chi connectivity index (χ0n) is 14.1. The highest BCUT2D eigenvalue weighted by Gasteiger charge is 2.43. The molecule has 1 saturated heterocycles. The van der Waals surface area contributed by atoms with Gasteiger partial charge in [-0.1, -0.05) is 0 Å². The van der Waals surface area contributed by atoms with E-state index in [1.807, 2.05) is 4.98 Å². The van der Waals surface area contributed by atoms with Gasteiger partial charge in [0.15, 0.2) is 17.4 Å². The Hall–Kier alpha value is -3.33. The summed E-state index contributed by atoms with van der Waals surface area (Å²) < 4.78 is 6.08. The normalized spacial score (nSPS) is 24.1. The van der Waals surface area contributed by atoms with Crippen molar-refractivity contribution in [1.29, 1.82) is 0 Å². The number of hydrogen-bond donors (Lipinski definition) is 7. The quantitative estimate of drug-likeness (QED) is 0.225. The van der Waals surface area contributed by atoms with Crippen molar-refractivity contribution in [2.75, 3.05) is 12.3 Å². The van der Waals surface area contributed by atoms with Crippen molar-refractivity contribution in [3.05, 3.63) is 49.8 Å². The van der Waals surface area contributed by atoms with Crippen LogP contribution in [0.2, 0.25) is 0 Å². The van der Waals surface area contributed by atoms with Crippen molar-refractivity contribution in [2.24, 2.45) is 0 Å². The molecule has 3 aromatic heterocycles. The maximum atomic E-state index is 11.4. The van der Waals surface area contributed by atoms with Gasteiger partial charge in [-0.25, -0.2) is 9.78 Å². The van der Waals surface area contributed by atoms with E-state index in [9.17, 15) is 24.6 Å². The predicted molar refractivity (Wildman–Crippen MR) is 93.3 cm³/mol. The van der Waals surface area contributed by atoms with Gasteiger partial charge >= 0.3 is 5.69 Å². The highest BCUT2D eigenvalue weighted by atomic mass is 16.6. The van der Waals surface area contributed by atoms with E-state index in [0.29, 0.717) is 11.2 Å². The fourth-order valence-corrected chi connectivity index (χ4v) is 2.60. The maximum Gasteiger partial charge on any atom is 0.330 e. The van der Waals surface area contributed by atoms with Crippen LogP contribution in [0.4, 0.5) is 5.95 Å². The molecule has 0 aromatic carbocycles. The Morgan fingerprint density at radius 1 is 1.21 bits per heavy atom. The molecule has 8 N–H and O–H groups in total. The van der Waals surface area contributed by atoms with E-state index in [1.54, 1.807) is 0 Å². The molecule has 0 unspecified atom stereocenters. The highest BCUT2D eigenvalue weighted by molar-refractivity contribution is 5.69. The minimum absolute atomic E-state index is 0.0783. The van der Waals surface area contributed by atoms with Crippen molar-refractivity contribution in [3.63, 3.8) is 0 Å². The van der Waals surface area contributed by atoms with E-state index in [1.165, 1.54) is 6.33 Å². The average molecular weight is 395 g/mol. The van der Waals surface area contributed by atoms with Crippen LogP contribution >= 0.6 is 0 Å². The Balaban J connectivity index is 0.000000176. The smallest absolute Gasteiger partial charge is 0.330 e. The maximum absolute atomic E-state index is 11.4. The first-order valence-electron chi connectivity index (χ1n) is 7.94. The highest BCUT2D eigenvalue weighted by Crippen LogP contribution is 2.27. The largest absolute Gasteiger partial charge is 0.394 e. The summed E-state index contributed by atoms with van der Waals surface area (Å²) in [5, 5.41) is 28.1. The number of fused-ring (bicyclic) bond motifs is 1. The average Bonchev–Trinajstić information content (AvgIpc) is 3.22. The van der Waals surface area contributed by atoms with Gasteiger partial charge in [-0.3, -0.25) is 24.1 Å². The Labute approximate surface area is 154 Å². The van der Waals surface area contributed by atoms with Crippen LogP contribution in [0.15, 0.2) is 33.0 Å². The van der Waals surface area contributed by atoms with Crippen LogP contribution in [0.25, 0.3) is 11.2 Å². The molecule has 14 nitrogen and oxygen atoms in total. The zero-order chi connectivity index (χ0) is 20.4. The number of H-pyrrole nitrogens is 3. The number of nitrogens with zero attached hydrogens (tertiary/aromatic N) is 3. The number of aromatic amines is 3. The lowest BCUT2D eigenvalue weighted by Crippen LogP contribution is -2.37. The molecule has 0 amide bonds. The van der Waals surface area contributed by atoms with E-state index in [0.717, 1.165) is 16.8 Å². The number of nitrogens with one attached hydrogen (secondary N) is 3. The van der Waals surface area contributed by atoms with Crippen molar-refractivity contribution in [2.45, 2.75) is 24.5 Å². The molecule has 4 rings (SSSR count). The van der Waals surface area contributed by atoms with Gasteiger partial charge in [0, 0.05) is 12.3 Å². The summed E-state index contributed by atoms with van der Waals surface area (Å²) in [6.45, 7) is -0.479. The molecule has 0 aliphatic carbocycles. The van der Waals surface area contributed by atoms with Crippen LogP contribution in [-0.2, 0) is 4.74 Å². The second-order valence-corrected chi connectivity index (χ2v) is 5.80. The number of nitrogen functional groups attached to an aromatic ring is 1. The second kappa shape index (κ2) is 7.73. The van der Waals surface area contributed by atoms with Gasteiger partial charge in [-0.05, 0) is 0 Å². The molecule has 0 saturated carbocycles. The monoisotopic (exact) mass is 395 g/mol. The number of ether oxygens (including phenoxy) is 1. The summed E-state index contributed by atoms with van der Waals surface area (Å²) in [6.07, 6.45) is -2.19. The zero-order valence-corrected chi connectivity index (χ0v) is 14.1. The van der Waals surface area contributed by atoms with Gasteiger partial charge in [-0.2, -0.15) is 4.98 Å². The number of imidazole rings is 1. The second-order valence-electron chi connectivity index (χ2n) is 5.80. The number of anilines is 1. The molecule has 1 fully saturated rings. The summed E-state index contributed by atoms with van der Waals surface area (Å²) in [5.41, 5.74) is 4.32. The summed E-state index contributed by atoms with van der Waals surface area (Å²) in [4.78, 5) is 47.9. The Morgan fingerprint density at radius 3 is 2.61 bits per heavy atom. The summed E-state index contributed by atoms with van der Waals surface area (Å²) in [5.74, 6) is 0.0783. The van der Waals surface area contributed by atoms with E-state index >= 15 is 0 Å². The first kappa shape index (κ1) is 19.4. The Kier molecular flexibility index (Phi) is 5.36. The van der Waals surface area contributed by atoms with E-state index < -0.39 is 42.4 Å². The van der Waals surface area contributed by atoms with Crippen molar-refractivity contribution in [3.8, 4) is 0 Å². The van der Waals surface area contributed by atoms with E-state index in [4.69, 9.17) is 15.6 Å². The predicted octanol–water partition coefficient (Wildman–Crippen LogP) is -3.62. The molecule has 14 heteroatoms. The van der Waals surface area contributed by atoms with Gasteiger partial charge < -0.3 is 30.8 Å². The van der Waals surface area contributed by atoms with Gasteiger partial charge in [0.25, 0.3) is 11.1 Å². The van der Waals surface area contributed by atoms with Gasteiger partial charge in [0.05, 0.1) is 12.9 Å². The standard InChI is InChI=1S/C9H12N2O6.C5H5N5O/c12-3-4-6(14)7(15)8(17-4)11-2-1-5(13)10-9(11)16;6-5-9-3-2(4(11)10-5)7-1-8-3/h1-2,4,6-8,12,14-15H,3H2,(H,10,13,16);1H,(H4,6,7,8,9,10,11)/t4-,6-,7-,8-;/m1./s1. The lowest BCUT2D eigenvalue weighted by molar-refractivity contribution is -0.0550. The molecule has 4 atom stereocenters. The molecule has 4 heterocycles. The van der Waals surface area contributed by atoms with Gasteiger partial charge in [-0.15, -0.1) is 0 Å². The number of aromatic nitrogens is 6. The van der Waals surface area contributed by atoms with Crippen molar-refractivity contribution >= 4 is 17.1 Å². The number of rotatable bonds is 2. The van der Waals surface area contributed by atoms with E-state index in [2.05, 4.69) is 19.9 Å². The SMILES string of the molecule is Nc1nc2nc[nH]c2c(=O)[nH]1.O=c1ccn([C@@H]2O[C@H](CO)[C@@H](O)[C@H]2O)c(=O)[nH]1. The molecule has 0 radical (unpaired) electrons. The number of aliphatic hydroxyl groups is 3. The third-order valence-corrected chi connectivity index (χ3v) is 3.96. The number of nitrogens with two attached hydrogens (primary N) is 1. The molecule has 1 aliphatic heterocycles. The molecular weight excluding hydrogens is 378 g/mol. The van der Waals surface area contributed by atoms with Crippen LogP contribution < -0.4 is 22.5 Å². The van der Waals surface area contributed by atoms with Crippen molar-refractivity contribution < 1.29 is 20.1 Å². The lowest BCUT2D eigenvalue weighted by atomic mass is 10.1. The van der Waals surface area contributed by atoms with Gasteiger partial charge in [0.2, 0.25) is 5.95 Å². The lowest BCUT2D eigenvalue weighted by Gasteiger charge is -2.16. The molecule has 1 aliphatic rings. The summed E-state index contributed by atoms with van der Waals surface area (Å²) >= 11 is 0. The molecule has 0 spiro atoms. The molecule has 28 heavy (non-hydrogen) atoms. The van der Waals surface area contributed by atoms with Crippen LogP contribution in [0, 0.1) is 0 Å². The Morgan fingerprint density at radius 2 is 1.96 bits per heavy atom. The van der Waals surface area contributed by atoms with Crippen LogP contribution in [0.3, 0.4) is 0 Å². The van der Waals surface area contributed by atoms with Crippen molar-refractivity contribution in [1.82, 2.24) is 29.5 Å². The van der Waals surface area contributed by atoms with E-state index in [-0.39, 0.29) is 11.5 Å². The molecule has 0 bridgehead atoms. The third-order valence-electron chi connectivity index (χ3n) is 3.96. The molecule has 150 valence electrons. The molecule has 3 aromatic rings. The van der Waals surface area contributed by atoms with Crippen LogP contribution in [0.1, 0.15) is 6.23 Å². The minimum Gasteiger partial charge on any atom is -0.394 e.